The zero-order valence-corrected chi connectivity index (χ0v) is 12.9. The van der Waals surface area contributed by atoms with Gasteiger partial charge in [-0.2, -0.15) is 4.98 Å². The predicted molar refractivity (Wildman–Crippen MR) is 79.7 cm³/mol. The number of hydrogen-bond donors (Lipinski definition) is 2. The number of amides is 1. The Balaban J connectivity index is 1.80. The third kappa shape index (κ3) is 4.52. The van der Waals surface area contributed by atoms with E-state index in [4.69, 9.17) is 10.3 Å². The van der Waals surface area contributed by atoms with Gasteiger partial charge in [-0.1, -0.05) is 12.1 Å². The maximum atomic E-state index is 11.9. The van der Waals surface area contributed by atoms with Gasteiger partial charge >= 0.3 is 0 Å². The second-order valence-electron chi connectivity index (χ2n) is 4.77. The molecule has 0 radical (unpaired) electrons. The van der Waals surface area contributed by atoms with E-state index in [0.717, 1.165) is 18.5 Å². The summed E-state index contributed by atoms with van der Waals surface area (Å²) < 4.78 is 5.14. The highest BCUT2D eigenvalue weighted by atomic mass is 32.1. The fraction of sp³-hybridized carbons (Fsp3) is 0.538. The van der Waals surface area contributed by atoms with Crippen LogP contribution in [0.25, 0.3) is 0 Å². The molecule has 7 nitrogen and oxygen atoms in total. The van der Waals surface area contributed by atoms with E-state index in [1.807, 2.05) is 19.2 Å². The summed E-state index contributed by atoms with van der Waals surface area (Å²) in [5, 5.41) is 9.09. The maximum Gasteiger partial charge on any atom is 0.248 e. The van der Waals surface area contributed by atoms with Crippen molar-refractivity contribution in [3.63, 3.8) is 0 Å². The Hall–Kier alpha value is -1.96. The lowest BCUT2D eigenvalue weighted by Crippen LogP contribution is -2.27. The number of carbonyl (C=O) groups excluding carboxylic acids is 1. The first-order valence-corrected chi connectivity index (χ1v) is 7.78. The molecule has 0 fully saturated rings. The molecule has 0 aromatic carbocycles. The van der Waals surface area contributed by atoms with Crippen LogP contribution in [0.1, 0.15) is 50.1 Å². The lowest BCUT2D eigenvalue weighted by molar-refractivity contribution is -0.121. The third-order valence-corrected chi connectivity index (χ3v) is 3.61. The quantitative estimate of drug-likeness (QED) is 0.808. The minimum atomic E-state index is -0.295. The van der Waals surface area contributed by atoms with Crippen molar-refractivity contribution in [3.05, 3.63) is 22.8 Å². The summed E-state index contributed by atoms with van der Waals surface area (Å²) >= 11 is 1.38. The van der Waals surface area contributed by atoms with E-state index in [1.165, 1.54) is 11.3 Å². The molecule has 1 atom stereocenters. The molecular formula is C13H19N5O2S. The molecule has 0 saturated carbocycles. The molecule has 0 unspecified atom stereocenters. The Labute approximate surface area is 127 Å². The van der Waals surface area contributed by atoms with E-state index in [-0.39, 0.29) is 11.9 Å². The first-order valence-electron chi connectivity index (χ1n) is 6.90. The Kier molecular flexibility index (Phi) is 5.26. The Morgan fingerprint density at radius 3 is 2.95 bits per heavy atom. The van der Waals surface area contributed by atoms with Crippen molar-refractivity contribution in [1.29, 1.82) is 0 Å². The monoisotopic (exact) mass is 309 g/mol. The van der Waals surface area contributed by atoms with Gasteiger partial charge in [-0.25, -0.2) is 4.98 Å². The number of thiazole rings is 1. The zero-order chi connectivity index (χ0) is 15.2. The highest BCUT2D eigenvalue weighted by Gasteiger charge is 2.16. The first kappa shape index (κ1) is 15.4. The van der Waals surface area contributed by atoms with Crippen LogP contribution < -0.4 is 11.1 Å². The van der Waals surface area contributed by atoms with Crippen molar-refractivity contribution >= 4 is 22.4 Å². The molecule has 2 rings (SSSR count). The molecule has 0 saturated heterocycles. The van der Waals surface area contributed by atoms with Crippen molar-refractivity contribution in [3.8, 4) is 0 Å². The van der Waals surface area contributed by atoms with Crippen LogP contribution in [-0.4, -0.2) is 21.0 Å². The molecule has 0 spiro atoms. The molecule has 0 aliphatic heterocycles. The van der Waals surface area contributed by atoms with E-state index in [9.17, 15) is 4.79 Å². The number of aromatic nitrogens is 3. The van der Waals surface area contributed by atoms with E-state index >= 15 is 0 Å². The number of aryl methyl sites for hydroxylation is 2. The fourth-order valence-electron chi connectivity index (χ4n) is 1.82. The average molecular weight is 309 g/mol. The van der Waals surface area contributed by atoms with Gasteiger partial charge in [0.05, 0.1) is 5.69 Å². The fourth-order valence-corrected chi connectivity index (χ4v) is 2.42. The number of nitrogens with zero attached hydrogens (tertiary/aromatic N) is 3. The highest BCUT2D eigenvalue weighted by molar-refractivity contribution is 7.13. The molecule has 21 heavy (non-hydrogen) atoms. The summed E-state index contributed by atoms with van der Waals surface area (Å²) in [7, 11) is 0. The van der Waals surface area contributed by atoms with Crippen molar-refractivity contribution in [2.45, 2.75) is 45.6 Å². The van der Waals surface area contributed by atoms with Crippen LogP contribution in [0.4, 0.5) is 5.13 Å². The summed E-state index contributed by atoms with van der Waals surface area (Å²) in [6.07, 6.45) is 2.65. The summed E-state index contributed by atoms with van der Waals surface area (Å²) in [4.78, 5) is 20.3. The van der Waals surface area contributed by atoms with Crippen LogP contribution in [0.3, 0.4) is 0 Å². The minimum absolute atomic E-state index is 0.0793. The van der Waals surface area contributed by atoms with Gasteiger partial charge in [0.1, 0.15) is 6.04 Å². The minimum Gasteiger partial charge on any atom is -0.375 e. The molecule has 114 valence electrons. The Morgan fingerprint density at radius 1 is 1.48 bits per heavy atom. The molecule has 0 bridgehead atoms. The topological polar surface area (TPSA) is 107 Å². The summed E-state index contributed by atoms with van der Waals surface area (Å²) in [5.41, 5.74) is 6.38. The summed E-state index contributed by atoms with van der Waals surface area (Å²) in [6, 6.07) is -0.295. The molecular weight excluding hydrogens is 290 g/mol. The summed E-state index contributed by atoms with van der Waals surface area (Å²) in [5.74, 6) is 1.03. The number of nitrogens with two attached hydrogens (primary N) is 1. The number of hydrogen-bond acceptors (Lipinski definition) is 7. The standard InChI is InChI=1S/C13H19N5O2S/c1-3-4-10-17-12(20-18-10)8(2)15-11(19)6-5-9-7-21-13(14)16-9/h7-8H,3-6H2,1-2H3,(H2,14,16)(H,15,19)/t8-/m0/s1. The van der Waals surface area contributed by atoms with E-state index < -0.39 is 0 Å². The van der Waals surface area contributed by atoms with Crippen molar-refractivity contribution in [1.82, 2.24) is 20.4 Å². The van der Waals surface area contributed by atoms with Crippen LogP contribution in [0, 0.1) is 0 Å². The predicted octanol–water partition coefficient (Wildman–Crippen LogP) is 1.87. The van der Waals surface area contributed by atoms with Crippen LogP contribution in [-0.2, 0) is 17.6 Å². The van der Waals surface area contributed by atoms with Gasteiger partial charge in [-0.15, -0.1) is 11.3 Å². The average Bonchev–Trinajstić information content (AvgIpc) is 3.06. The van der Waals surface area contributed by atoms with Gasteiger partial charge in [0, 0.05) is 18.2 Å². The SMILES string of the molecule is CCCc1noc([C@H](C)NC(=O)CCc2csc(N)n2)n1. The Morgan fingerprint density at radius 2 is 2.29 bits per heavy atom. The van der Waals surface area contributed by atoms with Crippen molar-refractivity contribution in [2.24, 2.45) is 0 Å². The second kappa shape index (κ2) is 7.16. The zero-order valence-electron chi connectivity index (χ0n) is 12.1. The number of nitrogen functional groups attached to an aromatic ring is 1. The van der Waals surface area contributed by atoms with Crippen molar-refractivity contribution in [2.75, 3.05) is 5.73 Å². The van der Waals surface area contributed by atoms with Crippen molar-refractivity contribution < 1.29 is 9.32 Å². The third-order valence-electron chi connectivity index (χ3n) is 2.88. The summed E-state index contributed by atoms with van der Waals surface area (Å²) in [6.45, 7) is 3.87. The number of carbonyl (C=O) groups is 1. The molecule has 0 aliphatic rings. The molecule has 2 aromatic heterocycles. The lowest BCUT2D eigenvalue weighted by Gasteiger charge is -2.08. The molecule has 8 heteroatoms. The van der Waals surface area contributed by atoms with Crippen LogP contribution in [0.15, 0.2) is 9.90 Å². The van der Waals surface area contributed by atoms with Gasteiger partial charge in [0.25, 0.3) is 0 Å². The number of anilines is 1. The Bertz CT molecular complexity index is 595. The van der Waals surface area contributed by atoms with Gasteiger partial charge in [-0.3, -0.25) is 4.79 Å². The van der Waals surface area contributed by atoms with Crippen LogP contribution in [0.2, 0.25) is 0 Å². The van der Waals surface area contributed by atoms with Gasteiger partial charge in [0.15, 0.2) is 11.0 Å². The highest BCUT2D eigenvalue weighted by Crippen LogP contribution is 2.14. The molecule has 2 heterocycles. The van der Waals surface area contributed by atoms with Crippen LogP contribution in [0.5, 0.6) is 0 Å². The largest absolute Gasteiger partial charge is 0.375 e. The number of rotatable bonds is 7. The lowest BCUT2D eigenvalue weighted by atomic mass is 10.2. The van der Waals surface area contributed by atoms with Crippen LogP contribution >= 0.6 is 11.3 Å². The van der Waals surface area contributed by atoms with Gasteiger partial charge < -0.3 is 15.6 Å². The number of nitrogens with one attached hydrogen (secondary N) is 1. The van der Waals surface area contributed by atoms with E-state index in [0.29, 0.717) is 29.7 Å². The molecule has 0 aliphatic carbocycles. The maximum absolute atomic E-state index is 11.9. The first-order chi connectivity index (χ1) is 10.1. The molecule has 3 N–H and O–H groups in total. The normalized spacial score (nSPS) is 12.3. The second-order valence-corrected chi connectivity index (χ2v) is 5.65. The molecule has 1 amide bonds. The van der Waals surface area contributed by atoms with Gasteiger partial charge in [0.2, 0.25) is 11.8 Å². The van der Waals surface area contributed by atoms with E-state index in [2.05, 4.69) is 20.4 Å². The molecule has 2 aromatic rings. The van der Waals surface area contributed by atoms with Gasteiger partial charge in [-0.05, 0) is 19.8 Å². The van der Waals surface area contributed by atoms with E-state index in [1.54, 1.807) is 0 Å². The smallest absolute Gasteiger partial charge is 0.248 e.